The molecular formula is C13H21ClN2. The molecule has 1 aliphatic heterocycles. The quantitative estimate of drug-likeness (QED) is 0.879. The lowest BCUT2D eigenvalue weighted by molar-refractivity contribution is 0.256. The van der Waals surface area contributed by atoms with Gasteiger partial charge in [-0.25, -0.2) is 0 Å². The second kappa shape index (κ2) is 6.24. The van der Waals surface area contributed by atoms with E-state index in [0.29, 0.717) is 12.0 Å². The molecule has 1 aromatic rings. The highest BCUT2D eigenvalue weighted by atomic mass is 35.5. The first-order valence-electron chi connectivity index (χ1n) is 5.77. The maximum atomic E-state index is 5.72. The zero-order valence-corrected chi connectivity index (χ0v) is 10.6. The minimum atomic E-state index is 0. The molecule has 16 heavy (non-hydrogen) atoms. The average Bonchev–Trinajstić information content (AvgIpc) is 2.61. The van der Waals surface area contributed by atoms with Gasteiger partial charge < -0.3 is 5.73 Å². The Morgan fingerprint density at radius 1 is 1.31 bits per heavy atom. The van der Waals surface area contributed by atoms with Gasteiger partial charge in [0.1, 0.15) is 0 Å². The molecule has 2 nitrogen and oxygen atoms in total. The Morgan fingerprint density at radius 2 is 2.00 bits per heavy atom. The van der Waals surface area contributed by atoms with Crippen LogP contribution in [0.1, 0.15) is 18.9 Å². The van der Waals surface area contributed by atoms with Gasteiger partial charge in [0.15, 0.2) is 0 Å². The predicted octanol–water partition coefficient (Wildman–Crippen LogP) is 2.28. The summed E-state index contributed by atoms with van der Waals surface area (Å²) in [6, 6.07) is 11.4. The van der Waals surface area contributed by atoms with Crippen LogP contribution in [-0.2, 0) is 6.54 Å². The Balaban J connectivity index is 0.00000128. The molecule has 3 heteroatoms. The van der Waals surface area contributed by atoms with E-state index in [0.717, 1.165) is 19.6 Å². The van der Waals surface area contributed by atoms with E-state index < -0.39 is 0 Å². The summed E-state index contributed by atoms with van der Waals surface area (Å²) in [5, 5.41) is 0. The monoisotopic (exact) mass is 240 g/mol. The Kier molecular flexibility index (Phi) is 5.26. The zero-order valence-electron chi connectivity index (χ0n) is 9.80. The molecule has 0 aromatic heterocycles. The van der Waals surface area contributed by atoms with Gasteiger partial charge in [-0.1, -0.05) is 30.3 Å². The molecule has 1 fully saturated rings. The van der Waals surface area contributed by atoms with Crippen LogP contribution in [0.4, 0.5) is 0 Å². The number of hydrogen-bond acceptors (Lipinski definition) is 2. The molecular weight excluding hydrogens is 220 g/mol. The topological polar surface area (TPSA) is 29.3 Å². The third-order valence-electron chi connectivity index (χ3n) is 3.35. The average molecular weight is 241 g/mol. The fraction of sp³-hybridized carbons (Fsp3) is 0.538. The molecule has 0 radical (unpaired) electrons. The van der Waals surface area contributed by atoms with Crippen LogP contribution >= 0.6 is 12.4 Å². The molecule has 1 aromatic carbocycles. The highest BCUT2D eigenvalue weighted by Crippen LogP contribution is 2.23. The normalized spacial score (nSPS) is 25.4. The van der Waals surface area contributed by atoms with E-state index in [2.05, 4.69) is 42.2 Å². The number of benzene rings is 1. The van der Waals surface area contributed by atoms with E-state index in [1.807, 2.05) is 0 Å². The van der Waals surface area contributed by atoms with E-state index in [1.165, 1.54) is 12.0 Å². The van der Waals surface area contributed by atoms with E-state index in [-0.39, 0.29) is 12.4 Å². The molecule has 2 atom stereocenters. The van der Waals surface area contributed by atoms with Crippen LogP contribution in [-0.4, -0.2) is 24.0 Å². The predicted molar refractivity (Wildman–Crippen MR) is 70.7 cm³/mol. The summed E-state index contributed by atoms with van der Waals surface area (Å²) in [6.07, 6.45) is 1.25. The first-order valence-corrected chi connectivity index (χ1v) is 5.77. The molecule has 1 saturated heterocycles. The Hall–Kier alpha value is -0.570. The van der Waals surface area contributed by atoms with Crippen LogP contribution in [0.15, 0.2) is 30.3 Å². The third-order valence-corrected chi connectivity index (χ3v) is 3.35. The Bertz CT molecular complexity index is 302. The smallest absolute Gasteiger partial charge is 0.0236 e. The third kappa shape index (κ3) is 3.21. The van der Waals surface area contributed by atoms with Crippen molar-refractivity contribution in [1.82, 2.24) is 4.90 Å². The fourth-order valence-electron chi connectivity index (χ4n) is 2.43. The van der Waals surface area contributed by atoms with Crippen molar-refractivity contribution in [2.75, 3.05) is 13.1 Å². The zero-order chi connectivity index (χ0) is 10.7. The van der Waals surface area contributed by atoms with Crippen LogP contribution in [0.5, 0.6) is 0 Å². The molecule has 2 N–H and O–H groups in total. The van der Waals surface area contributed by atoms with E-state index >= 15 is 0 Å². The Labute approximate surface area is 104 Å². The van der Waals surface area contributed by atoms with Crippen molar-refractivity contribution in [3.05, 3.63) is 35.9 Å². The maximum absolute atomic E-state index is 5.72. The Morgan fingerprint density at radius 3 is 2.56 bits per heavy atom. The van der Waals surface area contributed by atoms with E-state index in [1.54, 1.807) is 0 Å². The number of hydrogen-bond donors (Lipinski definition) is 1. The van der Waals surface area contributed by atoms with Crippen LogP contribution in [0.3, 0.4) is 0 Å². The second-order valence-electron chi connectivity index (χ2n) is 4.60. The highest BCUT2D eigenvalue weighted by molar-refractivity contribution is 5.85. The van der Waals surface area contributed by atoms with Gasteiger partial charge in [-0.05, 0) is 31.4 Å². The van der Waals surface area contributed by atoms with Gasteiger partial charge in [0.05, 0.1) is 0 Å². The minimum Gasteiger partial charge on any atom is -0.330 e. The van der Waals surface area contributed by atoms with Crippen LogP contribution in [0, 0.1) is 5.92 Å². The molecule has 0 aliphatic carbocycles. The molecule has 90 valence electrons. The van der Waals surface area contributed by atoms with Gasteiger partial charge in [-0.3, -0.25) is 4.90 Å². The number of likely N-dealkylation sites (tertiary alicyclic amines) is 1. The molecule has 1 heterocycles. The van der Waals surface area contributed by atoms with Gasteiger partial charge in [0.2, 0.25) is 0 Å². The molecule has 0 bridgehead atoms. The summed E-state index contributed by atoms with van der Waals surface area (Å²) in [6.45, 7) is 5.36. The van der Waals surface area contributed by atoms with Gasteiger partial charge in [0, 0.05) is 19.1 Å². The van der Waals surface area contributed by atoms with Crippen molar-refractivity contribution in [1.29, 1.82) is 0 Å². The van der Waals surface area contributed by atoms with Crippen LogP contribution < -0.4 is 5.73 Å². The number of nitrogens with zero attached hydrogens (tertiary/aromatic N) is 1. The summed E-state index contributed by atoms with van der Waals surface area (Å²) >= 11 is 0. The van der Waals surface area contributed by atoms with Crippen molar-refractivity contribution in [2.45, 2.75) is 25.9 Å². The van der Waals surface area contributed by atoms with Crippen molar-refractivity contribution >= 4 is 12.4 Å². The molecule has 0 amide bonds. The molecule has 1 aliphatic rings. The first-order chi connectivity index (χ1) is 7.29. The van der Waals surface area contributed by atoms with E-state index in [9.17, 15) is 0 Å². The molecule has 0 saturated carbocycles. The van der Waals surface area contributed by atoms with Crippen LogP contribution in [0.25, 0.3) is 0 Å². The van der Waals surface area contributed by atoms with Gasteiger partial charge in [-0.15, -0.1) is 12.4 Å². The van der Waals surface area contributed by atoms with Gasteiger partial charge >= 0.3 is 0 Å². The van der Waals surface area contributed by atoms with Crippen molar-refractivity contribution < 1.29 is 0 Å². The molecule has 0 spiro atoms. The van der Waals surface area contributed by atoms with Crippen LogP contribution in [0.2, 0.25) is 0 Å². The van der Waals surface area contributed by atoms with Crippen molar-refractivity contribution in [3.8, 4) is 0 Å². The largest absolute Gasteiger partial charge is 0.330 e. The fourth-order valence-corrected chi connectivity index (χ4v) is 2.43. The summed E-state index contributed by atoms with van der Waals surface area (Å²) < 4.78 is 0. The first kappa shape index (κ1) is 13.5. The summed E-state index contributed by atoms with van der Waals surface area (Å²) in [5.74, 6) is 0.698. The number of rotatable bonds is 3. The summed E-state index contributed by atoms with van der Waals surface area (Å²) in [7, 11) is 0. The van der Waals surface area contributed by atoms with Crippen molar-refractivity contribution in [2.24, 2.45) is 11.7 Å². The SMILES string of the molecule is CC1CC(CN)CN1Cc1ccccc1.Cl. The second-order valence-corrected chi connectivity index (χ2v) is 4.60. The summed E-state index contributed by atoms with van der Waals surface area (Å²) in [4.78, 5) is 2.53. The minimum absolute atomic E-state index is 0. The number of nitrogens with two attached hydrogens (primary N) is 1. The number of halogens is 1. The summed E-state index contributed by atoms with van der Waals surface area (Å²) in [5.41, 5.74) is 7.13. The lowest BCUT2D eigenvalue weighted by Gasteiger charge is -2.20. The van der Waals surface area contributed by atoms with Gasteiger partial charge in [0.25, 0.3) is 0 Å². The molecule has 2 unspecified atom stereocenters. The molecule has 2 rings (SSSR count). The lowest BCUT2D eigenvalue weighted by atomic mass is 10.1. The van der Waals surface area contributed by atoms with Crippen molar-refractivity contribution in [3.63, 3.8) is 0 Å². The highest BCUT2D eigenvalue weighted by Gasteiger charge is 2.27. The maximum Gasteiger partial charge on any atom is 0.0236 e. The van der Waals surface area contributed by atoms with E-state index in [4.69, 9.17) is 5.73 Å². The lowest BCUT2D eigenvalue weighted by Crippen LogP contribution is -2.27. The van der Waals surface area contributed by atoms with Gasteiger partial charge in [-0.2, -0.15) is 0 Å². The standard InChI is InChI=1S/C13H20N2.ClH/c1-11-7-13(8-14)10-15(11)9-12-5-3-2-4-6-12;/h2-6,11,13H,7-10,14H2,1H3;1H.